The van der Waals surface area contributed by atoms with E-state index in [1.807, 2.05) is 49.4 Å². The van der Waals surface area contributed by atoms with Crippen LogP contribution in [0.2, 0.25) is 0 Å². The van der Waals surface area contributed by atoms with Crippen molar-refractivity contribution in [1.82, 2.24) is 5.32 Å². The molecule has 0 bridgehead atoms. The van der Waals surface area contributed by atoms with Crippen molar-refractivity contribution in [2.45, 2.75) is 57.3 Å². The summed E-state index contributed by atoms with van der Waals surface area (Å²) in [6.07, 6.45) is 6.12. The fourth-order valence-corrected chi connectivity index (χ4v) is 3.81. The van der Waals surface area contributed by atoms with Crippen LogP contribution in [0.4, 0.5) is 5.69 Å². The number of hydrogen-bond acceptors (Lipinski definition) is 2. The molecule has 1 saturated carbocycles. The molecule has 1 aliphatic rings. The molecule has 148 valence electrons. The number of benzene rings is 2. The largest absolute Gasteiger partial charge is 0.355 e. The van der Waals surface area contributed by atoms with E-state index in [0.717, 1.165) is 49.8 Å². The second kappa shape index (κ2) is 9.54. The first kappa shape index (κ1) is 20.1. The molecule has 0 heterocycles. The van der Waals surface area contributed by atoms with E-state index in [9.17, 15) is 9.59 Å². The number of nitrogens with one attached hydrogen (secondary N) is 2. The molecule has 2 aromatic carbocycles. The molecule has 0 aliphatic heterocycles. The van der Waals surface area contributed by atoms with Gasteiger partial charge < -0.3 is 10.6 Å². The third kappa shape index (κ3) is 4.80. The minimum atomic E-state index is -0.404. The normalized spacial score (nSPS) is 14.8. The van der Waals surface area contributed by atoms with E-state index in [1.54, 1.807) is 0 Å². The van der Waals surface area contributed by atoms with Crippen LogP contribution in [0.3, 0.4) is 0 Å². The van der Waals surface area contributed by atoms with E-state index in [4.69, 9.17) is 0 Å². The van der Waals surface area contributed by atoms with E-state index < -0.39 is 5.41 Å². The van der Waals surface area contributed by atoms with Crippen LogP contribution >= 0.6 is 0 Å². The summed E-state index contributed by atoms with van der Waals surface area (Å²) >= 11 is 0. The second-order valence-electron chi connectivity index (χ2n) is 7.66. The molecule has 1 aliphatic carbocycles. The maximum Gasteiger partial charge on any atom is 0.230 e. The minimum absolute atomic E-state index is 0.0322. The summed E-state index contributed by atoms with van der Waals surface area (Å²) in [6, 6.07) is 18.2. The summed E-state index contributed by atoms with van der Waals surface area (Å²) in [4.78, 5) is 24.7. The van der Waals surface area contributed by atoms with E-state index in [-0.39, 0.29) is 11.8 Å². The number of aryl methyl sites for hydroxylation is 1. The Bertz CT molecular complexity index is 780. The van der Waals surface area contributed by atoms with Crippen molar-refractivity contribution in [3.63, 3.8) is 0 Å². The van der Waals surface area contributed by atoms with Gasteiger partial charge in [-0.05, 0) is 55.4 Å². The summed E-state index contributed by atoms with van der Waals surface area (Å²) in [6.45, 7) is 2.68. The van der Waals surface area contributed by atoms with Crippen LogP contribution in [-0.2, 0) is 21.4 Å². The zero-order chi connectivity index (χ0) is 19.8. The molecule has 4 nitrogen and oxygen atoms in total. The Labute approximate surface area is 167 Å². The smallest absolute Gasteiger partial charge is 0.230 e. The Morgan fingerprint density at radius 2 is 1.71 bits per heavy atom. The lowest BCUT2D eigenvalue weighted by Crippen LogP contribution is -2.49. The SMILES string of the molecule is CCCC(=O)Nc1ccc(C2(C(=O)NCCCc3ccccc3)CCC2)cc1. The lowest BCUT2D eigenvalue weighted by atomic mass is 9.63. The van der Waals surface area contributed by atoms with Gasteiger partial charge in [-0.2, -0.15) is 0 Å². The summed E-state index contributed by atoms with van der Waals surface area (Å²) in [5, 5.41) is 6.05. The summed E-state index contributed by atoms with van der Waals surface area (Å²) < 4.78 is 0. The number of amides is 2. The van der Waals surface area contributed by atoms with Crippen molar-refractivity contribution < 1.29 is 9.59 Å². The highest BCUT2D eigenvalue weighted by Gasteiger charge is 2.45. The molecule has 4 heteroatoms. The third-order valence-corrected chi connectivity index (χ3v) is 5.61. The maximum absolute atomic E-state index is 12.9. The molecule has 1 fully saturated rings. The molecule has 3 rings (SSSR count). The first-order chi connectivity index (χ1) is 13.6. The Morgan fingerprint density at radius 1 is 1.00 bits per heavy atom. The zero-order valence-corrected chi connectivity index (χ0v) is 16.7. The molecule has 2 aromatic rings. The van der Waals surface area contributed by atoms with E-state index in [2.05, 4.69) is 22.8 Å². The highest BCUT2D eigenvalue weighted by molar-refractivity contribution is 5.91. The first-order valence-corrected chi connectivity index (χ1v) is 10.4. The molecular formula is C24H30N2O2. The van der Waals surface area contributed by atoms with Gasteiger partial charge in [0.05, 0.1) is 5.41 Å². The van der Waals surface area contributed by atoms with Gasteiger partial charge in [-0.3, -0.25) is 9.59 Å². The predicted molar refractivity (Wildman–Crippen MR) is 113 cm³/mol. The molecule has 0 unspecified atom stereocenters. The van der Waals surface area contributed by atoms with E-state index >= 15 is 0 Å². The van der Waals surface area contributed by atoms with Crippen molar-refractivity contribution in [3.8, 4) is 0 Å². The fraction of sp³-hybridized carbons (Fsp3) is 0.417. The molecule has 0 aromatic heterocycles. The second-order valence-corrected chi connectivity index (χ2v) is 7.66. The minimum Gasteiger partial charge on any atom is -0.355 e. The van der Waals surface area contributed by atoms with Gasteiger partial charge in [-0.25, -0.2) is 0 Å². The molecule has 0 saturated heterocycles. The van der Waals surface area contributed by atoms with Crippen LogP contribution in [0, 0.1) is 0 Å². The predicted octanol–water partition coefficient (Wildman–Crippen LogP) is 4.60. The summed E-state index contributed by atoms with van der Waals surface area (Å²) in [5.74, 6) is 0.166. The number of carbonyl (C=O) groups is 2. The molecule has 0 atom stereocenters. The fourth-order valence-electron chi connectivity index (χ4n) is 3.81. The number of anilines is 1. The standard InChI is InChI=1S/C24H30N2O2/c1-2-8-22(27)26-21-14-12-20(13-15-21)24(16-7-17-24)23(28)25-18-6-11-19-9-4-3-5-10-19/h3-5,9-10,12-15H,2,6-8,11,16-18H2,1H3,(H,25,28)(H,26,27). The van der Waals surface area contributed by atoms with Crippen LogP contribution < -0.4 is 10.6 Å². The van der Waals surface area contributed by atoms with Gasteiger partial charge >= 0.3 is 0 Å². The van der Waals surface area contributed by atoms with Crippen LogP contribution in [-0.4, -0.2) is 18.4 Å². The van der Waals surface area contributed by atoms with Gasteiger partial charge in [-0.15, -0.1) is 0 Å². The maximum atomic E-state index is 12.9. The summed E-state index contributed by atoms with van der Waals surface area (Å²) in [7, 11) is 0. The Morgan fingerprint density at radius 3 is 2.32 bits per heavy atom. The number of hydrogen-bond donors (Lipinski definition) is 2. The van der Waals surface area contributed by atoms with Gasteiger partial charge in [0.1, 0.15) is 0 Å². The lowest BCUT2D eigenvalue weighted by molar-refractivity contribution is -0.130. The monoisotopic (exact) mass is 378 g/mol. The van der Waals surface area contributed by atoms with Crippen molar-refractivity contribution >= 4 is 17.5 Å². The van der Waals surface area contributed by atoms with Crippen LogP contribution in [0.25, 0.3) is 0 Å². The van der Waals surface area contributed by atoms with Crippen molar-refractivity contribution in [2.75, 3.05) is 11.9 Å². The average molecular weight is 379 g/mol. The Hall–Kier alpha value is -2.62. The Kier molecular flexibility index (Phi) is 6.85. The van der Waals surface area contributed by atoms with Crippen molar-refractivity contribution in [1.29, 1.82) is 0 Å². The zero-order valence-electron chi connectivity index (χ0n) is 16.7. The van der Waals surface area contributed by atoms with E-state index in [1.165, 1.54) is 5.56 Å². The Balaban J connectivity index is 1.54. The van der Waals surface area contributed by atoms with Gasteiger partial charge in [-0.1, -0.05) is 55.8 Å². The molecule has 2 N–H and O–H groups in total. The summed E-state index contributed by atoms with van der Waals surface area (Å²) in [5.41, 5.74) is 2.74. The van der Waals surface area contributed by atoms with Crippen LogP contribution in [0.1, 0.15) is 56.6 Å². The molecule has 0 spiro atoms. The third-order valence-electron chi connectivity index (χ3n) is 5.61. The van der Waals surface area contributed by atoms with Gasteiger partial charge in [0, 0.05) is 18.7 Å². The van der Waals surface area contributed by atoms with Crippen molar-refractivity contribution in [2.24, 2.45) is 0 Å². The number of rotatable bonds is 9. The van der Waals surface area contributed by atoms with Gasteiger partial charge in [0.2, 0.25) is 11.8 Å². The molecule has 0 radical (unpaired) electrons. The average Bonchev–Trinajstić information content (AvgIpc) is 2.67. The van der Waals surface area contributed by atoms with Crippen LogP contribution in [0.5, 0.6) is 0 Å². The molecular weight excluding hydrogens is 348 g/mol. The van der Waals surface area contributed by atoms with Gasteiger partial charge in [0.25, 0.3) is 0 Å². The highest BCUT2D eigenvalue weighted by Crippen LogP contribution is 2.44. The quantitative estimate of drug-likeness (QED) is 0.627. The molecule has 28 heavy (non-hydrogen) atoms. The van der Waals surface area contributed by atoms with E-state index in [0.29, 0.717) is 13.0 Å². The van der Waals surface area contributed by atoms with Crippen molar-refractivity contribution in [3.05, 3.63) is 65.7 Å². The molecule has 2 amide bonds. The first-order valence-electron chi connectivity index (χ1n) is 10.4. The van der Waals surface area contributed by atoms with Crippen LogP contribution in [0.15, 0.2) is 54.6 Å². The lowest BCUT2D eigenvalue weighted by Gasteiger charge is -2.40. The number of carbonyl (C=O) groups excluding carboxylic acids is 2. The topological polar surface area (TPSA) is 58.2 Å². The van der Waals surface area contributed by atoms with Gasteiger partial charge in [0.15, 0.2) is 0 Å². The highest BCUT2D eigenvalue weighted by atomic mass is 16.2.